The summed E-state index contributed by atoms with van der Waals surface area (Å²) in [5.41, 5.74) is 7.82. The lowest BCUT2D eigenvalue weighted by Crippen LogP contribution is -2.65. The Morgan fingerprint density at radius 1 is 1.11 bits per heavy atom. The molecular formula is C29H34BNO4. The molecule has 6 atom stereocenters. The Morgan fingerprint density at radius 2 is 1.83 bits per heavy atom. The van der Waals surface area contributed by atoms with Crippen molar-refractivity contribution < 1.29 is 18.5 Å². The van der Waals surface area contributed by atoms with E-state index in [1.54, 1.807) is 6.26 Å². The summed E-state index contributed by atoms with van der Waals surface area (Å²) in [6, 6.07) is 17.8. The van der Waals surface area contributed by atoms with Crippen LogP contribution < -0.4 is 5.73 Å². The number of primary amides is 1. The van der Waals surface area contributed by atoms with E-state index in [1.165, 1.54) is 6.42 Å². The summed E-state index contributed by atoms with van der Waals surface area (Å²) in [6.07, 6.45) is 4.56. The quantitative estimate of drug-likeness (QED) is 0.481. The Balaban J connectivity index is 1.43. The lowest BCUT2D eigenvalue weighted by Gasteiger charge is -2.64. The first-order valence-electron chi connectivity index (χ1n) is 12.8. The number of carbonyl (C=O) groups excluding carboxylic acids is 1. The van der Waals surface area contributed by atoms with Crippen LogP contribution in [-0.4, -0.2) is 24.7 Å². The van der Waals surface area contributed by atoms with E-state index in [0.29, 0.717) is 18.3 Å². The Morgan fingerprint density at radius 3 is 2.54 bits per heavy atom. The van der Waals surface area contributed by atoms with E-state index >= 15 is 0 Å². The van der Waals surface area contributed by atoms with Crippen LogP contribution >= 0.6 is 0 Å². The average molecular weight is 471 g/mol. The molecule has 2 aromatic carbocycles. The molecule has 1 saturated heterocycles. The lowest BCUT2D eigenvalue weighted by atomic mass is 9.43. The van der Waals surface area contributed by atoms with Crippen molar-refractivity contribution in [2.75, 3.05) is 0 Å². The van der Waals surface area contributed by atoms with Crippen LogP contribution in [0.15, 0.2) is 65.3 Å². The molecule has 3 aromatic rings. The van der Waals surface area contributed by atoms with Gasteiger partial charge in [-0.15, -0.1) is 0 Å². The number of rotatable bonds is 6. The van der Waals surface area contributed by atoms with Gasteiger partial charge in [-0.3, -0.25) is 4.79 Å². The van der Waals surface area contributed by atoms with E-state index in [9.17, 15) is 4.79 Å². The molecule has 5 nitrogen and oxygen atoms in total. The molecule has 1 unspecified atom stereocenters. The van der Waals surface area contributed by atoms with Crippen LogP contribution in [0.3, 0.4) is 0 Å². The highest BCUT2D eigenvalue weighted by Gasteiger charge is 2.69. The molecule has 35 heavy (non-hydrogen) atoms. The van der Waals surface area contributed by atoms with Gasteiger partial charge in [0.2, 0.25) is 5.91 Å². The zero-order chi connectivity index (χ0) is 24.6. The van der Waals surface area contributed by atoms with Crippen LogP contribution in [0, 0.1) is 17.3 Å². The van der Waals surface area contributed by atoms with Gasteiger partial charge >= 0.3 is 7.12 Å². The number of carbonyl (C=O) groups is 1. The van der Waals surface area contributed by atoms with Crippen molar-refractivity contribution in [2.45, 2.75) is 69.9 Å². The molecule has 2 bridgehead atoms. The first kappa shape index (κ1) is 22.9. The second-order valence-electron chi connectivity index (χ2n) is 11.8. The number of para-hydroxylation sites is 1. The van der Waals surface area contributed by atoms with Crippen molar-refractivity contribution >= 4 is 24.0 Å². The summed E-state index contributed by atoms with van der Waals surface area (Å²) in [5, 5.41) is 1.04. The molecular weight excluding hydrogens is 437 g/mol. The van der Waals surface area contributed by atoms with Crippen molar-refractivity contribution in [3.05, 3.63) is 72.0 Å². The second-order valence-corrected chi connectivity index (χ2v) is 11.8. The van der Waals surface area contributed by atoms with E-state index in [4.69, 9.17) is 19.5 Å². The van der Waals surface area contributed by atoms with Gasteiger partial charge in [-0.25, -0.2) is 0 Å². The Labute approximate surface area is 207 Å². The van der Waals surface area contributed by atoms with Crippen LogP contribution in [0.4, 0.5) is 0 Å². The van der Waals surface area contributed by atoms with Gasteiger partial charge in [0.15, 0.2) is 0 Å². The number of hydrogen-bond acceptors (Lipinski definition) is 4. The minimum absolute atomic E-state index is 0.0285. The molecule has 7 rings (SSSR count). The summed E-state index contributed by atoms with van der Waals surface area (Å²) >= 11 is 0. The molecule has 4 aliphatic rings. The maximum atomic E-state index is 13.3. The molecule has 1 aliphatic heterocycles. The first-order valence-corrected chi connectivity index (χ1v) is 12.8. The lowest BCUT2D eigenvalue weighted by molar-refractivity contribution is -0.199. The molecule has 0 radical (unpaired) electrons. The number of amides is 1. The van der Waals surface area contributed by atoms with Crippen LogP contribution in [0.1, 0.15) is 51.7 Å². The minimum atomic E-state index is -0.993. The van der Waals surface area contributed by atoms with E-state index in [2.05, 4.69) is 26.8 Å². The van der Waals surface area contributed by atoms with Crippen LogP contribution in [-0.2, 0) is 25.9 Å². The zero-order valence-corrected chi connectivity index (χ0v) is 21.0. The van der Waals surface area contributed by atoms with Crippen LogP contribution in [0.25, 0.3) is 11.0 Å². The van der Waals surface area contributed by atoms with E-state index in [1.807, 2.05) is 55.5 Å². The molecule has 4 fully saturated rings. The van der Waals surface area contributed by atoms with Gasteiger partial charge in [-0.2, -0.15) is 0 Å². The molecule has 2 N–H and O–H groups in total. The number of hydrogen-bond donors (Lipinski definition) is 1. The predicted octanol–water partition coefficient (Wildman–Crippen LogP) is 5.52. The largest absolute Gasteiger partial charge is 0.464 e. The first-order chi connectivity index (χ1) is 16.7. The number of benzene rings is 2. The third kappa shape index (κ3) is 3.19. The summed E-state index contributed by atoms with van der Waals surface area (Å²) in [6.45, 7) is 8.87. The van der Waals surface area contributed by atoms with Gasteiger partial charge in [-0.1, -0.05) is 62.4 Å². The molecule has 3 saturated carbocycles. The fourth-order valence-electron chi connectivity index (χ4n) is 7.39. The highest BCUT2D eigenvalue weighted by Crippen LogP contribution is 2.66. The monoisotopic (exact) mass is 471 g/mol. The number of furan rings is 1. The second kappa shape index (κ2) is 7.71. The van der Waals surface area contributed by atoms with Gasteiger partial charge < -0.3 is 19.5 Å². The smallest absolute Gasteiger partial charge is 0.462 e. The van der Waals surface area contributed by atoms with Gasteiger partial charge in [0.05, 0.1) is 23.4 Å². The third-order valence-electron chi connectivity index (χ3n) is 9.93. The van der Waals surface area contributed by atoms with Crippen molar-refractivity contribution in [1.82, 2.24) is 0 Å². The van der Waals surface area contributed by atoms with Gasteiger partial charge in [-0.05, 0) is 67.6 Å². The number of nitrogens with two attached hydrogens (primary N) is 1. The summed E-state index contributed by atoms with van der Waals surface area (Å²) in [4.78, 5) is 13.3. The van der Waals surface area contributed by atoms with Crippen molar-refractivity contribution in [3.8, 4) is 0 Å². The SMILES string of the molecule is CC(C(N)=O)(c1ccccc1)[C@@H](Cc1coc2ccccc12)B1O[C@@H]2C[C@@H]3C[C@@H](C3(C)C)[C@]2(C)O1. The summed E-state index contributed by atoms with van der Waals surface area (Å²) < 4.78 is 19.5. The van der Waals surface area contributed by atoms with Gasteiger partial charge in [0.25, 0.3) is 0 Å². The molecule has 182 valence electrons. The highest BCUT2D eigenvalue weighted by molar-refractivity contribution is 6.48. The highest BCUT2D eigenvalue weighted by atomic mass is 16.7. The van der Waals surface area contributed by atoms with Crippen molar-refractivity contribution in [3.63, 3.8) is 0 Å². The summed E-state index contributed by atoms with van der Waals surface area (Å²) in [7, 11) is -0.550. The minimum Gasteiger partial charge on any atom is -0.464 e. The topological polar surface area (TPSA) is 74.7 Å². The fourth-order valence-corrected chi connectivity index (χ4v) is 7.39. The molecule has 3 aliphatic carbocycles. The third-order valence-corrected chi connectivity index (χ3v) is 9.93. The van der Waals surface area contributed by atoms with Crippen molar-refractivity contribution in [2.24, 2.45) is 23.0 Å². The maximum absolute atomic E-state index is 13.3. The maximum Gasteiger partial charge on any atom is 0.462 e. The average Bonchev–Trinajstić information content (AvgIpc) is 3.42. The fraction of sp³-hybridized carbons (Fsp3) is 0.483. The molecule has 2 heterocycles. The molecule has 0 spiro atoms. The van der Waals surface area contributed by atoms with E-state index in [0.717, 1.165) is 28.5 Å². The Hall–Kier alpha value is -2.57. The molecule has 1 amide bonds. The predicted molar refractivity (Wildman–Crippen MR) is 137 cm³/mol. The van der Waals surface area contributed by atoms with Crippen LogP contribution in [0.2, 0.25) is 5.82 Å². The molecule has 6 heteroatoms. The normalized spacial score (nSPS) is 31.4. The van der Waals surface area contributed by atoms with Gasteiger partial charge in [0, 0.05) is 11.2 Å². The van der Waals surface area contributed by atoms with E-state index < -0.39 is 12.5 Å². The van der Waals surface area contributed by atoms with Gasteiger partial charge in [0.1, 0.15) is 5.58 Å². The standard InChI is InChI=1S/C29H34BNO4/c1-27(2)20-15-23(27)29(4)25(16-20)34-30(35-29)24(14-18-17-33-22-13-9-8-12-21(18)22)28(3,26(31)32)19-10-6-5-7-11-19/h5-13,17,20,23-25H,14-16H2,1-4H3,(H2,31,32)/t20-,23-,24+,25+,28?,29-/m0/s1. The number of fused-ring (bicyclic) bond motifs is 1. The van der Waals surface area contributed by atoms with Crippen LogP contribution in [0.5, 0.6) is 0 Å². The Kier molecular flexibility index (Phi) is 5.04. The van der Waals surface area contributed by atoms with E-state index in [-0.39, 0.29) is 28.8 Å². The molecule has 1 aromatic heterocycles. The Bertz CT molecular complexity index is 1270. The summed E-state index contributed by atoms with van der Waals surface area (Å²) in [5.74, 6) is 0.390. The van der Waals surface area contributed by atoms with Crippen molar-refractivity contribution in [1.29, 1.82) is 0 Å². The zero-order valence-electron chi connectivity index (χ0n) is 21.0.